The molecule has 5 nitrogen and oxygen atoms in total. The van der Waals surface area contributed by atoms with Gasteiger partial charge in [0.2, 0.25) is 5.91 Å². The molecule has 2 aromatic carbocycles. The Balaban J connectivity index is 1.70. The maximum Gasteiger partial charge on any atom is 0.237 e. The lowest BCUT2D eigenvalue weighted by Gasteiger charge is -2.17. The van der Waals surface area contributed by atoms with E-state index in [0.29, 0.717) is 15.9 Å². The van der Waals surface area contributed by atoms with Gasteiger partial charge in [-0.1, -0.05) is 65.8 Å². The predicted molar refractivity (Wildman–Crippen MR) is 106 cm³/mol. The standard InChI is InChI=1S/C19H19ClN4OS/c1-13(15-8-4-3-5-9-15)24-12-21-23-19(24)26-14(2)18(25)22-17-11-7-6-10-16(17)20/h3-14H,1-2H3,(H,22,25). The van der Waals surface area contributed by atoms with Crippen molar-refractivity contribution in [2.45, 2.75) is 30.3 Å². The predicted octanol–water partition coefficient (Wildman–Crippen LogP) is 4.66. The molecule has 1 heterocycles. The maximum absolute atomic E-state index is 12.5. The van der Waals surface area contributed by atoms with Crippen LogP contribution in [0, 0.1) is 0 Å². The van der Waals surface area contributed by atoms with E-state index in [1.165, 1.54) is 11.8 Å². The molecule has 26 heavy (non-hydrogen) atoms. The zero-order valence-electron chi connectivity index (χ0n) is 14.5. The van der Waals surface area contributed by atoms with Crippen LogP contribution in [0.1, 0.15) is 25.5 Å². The molecule has 0 aliphatic carbocycles. The van der Waals surface area contributed by atoms with Crippen LogP contribution in [0.5, 0.6) is 0 Å². The van der Waals surface area contributed by atoms with Crippen LogP contribution in [-0.4, -0.2) is 25.9 Å². The van der Waals surface area contributed by atoms with Crippen molar-refractivity contribution >= 4 is 35.0 Å². The van der Waals surface area contributed by atoms with Gasteiger partial charge in [0, 0.05) is 0 Å². The van der Waals surface area contributed by atoms with Crippen molar-refractivity contribution in [2.75, 3.05) is 5.32 Å². The minimum atomic E-state index is -0.350. The lowest BCUT2D eigenvalue weighted by molar-refractivity contribution is -0.115. The smallest absolute Gasteiger partial charge is 0.237 e. The Morgan fingerprint density at radius 2 is 1.81 bits per heavy atom. The van der Waals surface area contributed by atoms with Crippen molar-refractivity contribution in [1.29, 1.82) is 0 Å². The molecular weight excluding hydrogens is 368 g/mol. The highest BCUT2D eigenvalue weighted by molar-refractivity contribution is 8.00. The van der Waals surface area contributed by atoms with Gasteiger partial charge in [-0.05, 0) is 31.5 Å². The largest absolute Gasteiger partial charge is 0.324 e. The summed E-state index contributed by atoms with van der Waals surface area (Å²) in [6.45, 7) is 3.92. The number of nitrogens with zero attached hydrogens (tertiary/aromatic N) is 3. The summed E-state index contributed by atoms with van der Waals surface area (Å²) in [5.41, 5.74) is 1.76. The van der Waals surface area contributed by atoms with E-state index in [-0.39, 0.29) is 17.2 Å². The van der Waals surface area contributed by atoms with Crippen molar-refractivity contribution in [3.05, 3.63) is 71.5 Å². The molecule has 3 rings (SSSR count). The number of carbonyl (C=O) groups is 1. The average Bonchev–Trinajstić information content (AvgIpc) is 3.11. The summed E-state index contributed by atoms with van der Waals surface area (Å²) in [4.78, 5) is 12.5. The van der Waals surface area contributed by atoms with E-state index in [4.69, 9.17) is 11.6 Å². The van der Waals surface area contributed by atoms with Crippen LogP contribution in [0.15, 0.2) is 66.1 Å². The first kappa shape index (κ1) is 18.5. The van der Waals surface area contributed by atoms with Crippen LogP contribution in [0.2, 0.25) is 5.02 Å². The minimum absolute atomic E-state index is 0.0764. The molecule has 0 aliphatic heterocycles. The third-order valence-electron chi connectivity index (χ3n) is 4.02. The van der Waals surface area contributed by atoms with Gasteiger partial charge in [-0.2, -0.15) is 0 Å². The van der Waals surface area contributed by atoms with Gasteiger partial charge in [0.25, 0.3) is 0 Å². The number of thioether (sulfide) groups is 1. The van der Waals surface area contributed by atoms with E-state index >= 15 is 0 Å². The summed E-state index contributed by atoms with van der Waals surface area (Å²) >= 11 is 7.47. The molecular formula is C19H19ClN4OS. The highest BCUT2D eigenvalue weighted by atomic mass is 35.5. The van der Waals surface area contributed by atoms with Crippen LogP contribution in [0.3, 0.4) is 0 Å². The number of rotatable bonds is 6. The number of benzene rings is 2. The van der Waals surface area contributed by atoms with Gasteiger partial charge in [-0.15, -0.1) is 10.2 Å². The maximum atomic E-state index is 12.5. The first-order valence-electron chi connectivity index (χ1n) is 8.22. The highest BCUT2D eigenvalue weighted by Gasteiger charge is 2.20. The molecule has 0 spiro atoms. The van der Waals surface area contributed by atoms with Crippen molar-refractivity contribution in [2.24, 2.45) is 0 Å². The second-order valence-electron chi connectivity index (χ2n) is 5.84. The number of hydrogen-bond donors (Lipinski definition) is 1. The minimum Gasteiger partial charge on any atom is -0.324 e. The number of aromatic nitrogens is 3. The molecule has 0 saturated heterocycles. The lowest BCUT2D eigenvalue weighted by Crippen LogP contribution is -2.23. The highest BCUT2D eigenvalue weighted by Crippen LogP contribution is 2.28. The third kappa shape index (κ3) is 4.26. The Kier molecular flexibility index (Phi) is 5.96. The van der Waals surface area contributed by atoms with Gasteiger partial charge < -0.3 is 9.88 Å². The first-order chi connectivity index (χ1) is 12.6. The number of para-hydroxylation sites is 1. The number of carbonyl (C=O) groups excluding carboxylic acids is 1. The second-order valence-corrected chi connectivity index (χ2v) is 7.55. The van der Waals surface area contributed by atoms with Crippen LogP contribution in [0.4, 0.5) is 5.69 Å². The number of amides is 1. The Labute approximate surface area is 161 Å². The molecule has 3 aromatic rings. The van der Waals surface area contributed by atoms with Crippen molar-refractivity contribution in [1.82, 2.24) is 14.8 Å². The molecule has 7 heteroatoms. The van der Waals surface area contributed by atoms with E-state index in [0.717, 1.165) is 5.56 Å². The summed E-state index contributed by atoms with van der Waals surface area (Å²) in [5, 5.41) is 11.9. The van der Waals surface area contributed by atoms with E-state index in [9.17, 15) is 4.79 Å². The van der Waals surface area contributed by atoms with Gasteiger partial charge in [0.05, 0.1) is 22.0 Å². The second kappa shape index (κ2) is 8.38. The quantitative estimate of drug-likeness (QED) is 0.626. The Bertz CT molecular complexity index is 884. The molecule has 0 radical (unpaired) electrons. The van der Waals surface area contributed by atoms with Gasteiger partial charge in [0.15, 0.2) is 5.16 Å². The summed E-state index contributed by atoms with van der Waals surface area (Å²) in [7, 11) is 0. The first-order valence-corrected chi connectivity index (χ1v) is 9.48. The fourth-order valence-electron chi connectivity index (χ4n) is 2.48. The van der Waals surface area contributed by atoms with Crippen LogP contribution in [0.25, 0.3) is 0 Å². The van der Waals surface area contributed by atoms with Gasteiger partial charge in [0.1, 0.15) is 6.33 Å². The molecule has 1 amide bonds. The number of hydrogen-bond acceptors (Lipinski definition) is 4. The molecule has 0 saturated carbocycles. The number of nitrogens with one attached hydrogen (secondary N) is 1. The SMILES string of the molecule is CC(Sc1nncn1C(C)c1ccccc1)C(=O)Nc1ccccc1Cl. The molecule has 0 fully saturated rings. The molecule has 1 aromatic heterocycles. The van der Waals surface area contributed by atoms with Gasteiger partial charge >= 0.3 is 0 Å². The fraction of sp³-hybridized carbons (Fsp3) is 0.211. The monoisotopic (exact) mass is 386 g/mol. The zero-order chi connectivity index (χ0) is 18.5. The van der Waals surface area contributed by atoms with Crippen LogP contribution in [-0.2, 0) is 4.79 Å². The average molecular weight is 387 g/mol. The summed E-state index contributed by atoms with van der Waals surface area (Å²) in [5.74, 6) is -0.134. The van der Waals surface area contributed by atoms with Gasteiger partial charge in [-0.25, -0.2) is 0 Å². The molecule has 2 unspecified atom stereocenters. The fourth-order valence-corrected chi connectivity index (χ4v) is 3.57. The van der Waals surface area contributed by atoms with E-state index in [1.54, 1.807) is 18.5 Å². The van der Waals surface area contributed by atoms with Crippen molar-refractivity contribution < 1.29 is 4.79 Å². The molecule has 134 valence electrons. The van der Waals surface area contributed by atoms with Crippen LogP contribution >= 0.6 is 23.4 Å². The van der Waals surface area contributed by atoms with Crippen LogP contribution < -0.4 is 5.32 Å². The lowest BCUT2D eigenvalue weighted by atomic mass is 10.1. The molecule has 0 aliphatic rings. The summed E-state index contributed by atoms with van der Waals surface area (Å²) in [6, 6.07) is 17.4. The van der Waals surface area contributed by atoms with Crippen molar-refractivity contribution in [3.8, 4) is 0 Å². The topological polar surface area (TPSA) is 59.8 Å². The van der Waals surface area contributed by atoms with E-state index in [2.05, 4.69) is 34.6 Å². The van der Waals surface area contributed by atoms with Gasteiger partial charge in [-0.3, -0.25) is 4.79 Å². The Hall–Kier alpha value is -2.31. The summed E-state index contributed by atoms with van der Waals surface area (Å²) in [6.07, 6.45) is 1.69. The van der Waals surface area contributed by atoms with Crippen molar-refractivity contribution in [3.63, 3.8) is 0 Å². The molecule has 0 bridgehead atoms. The zero-order valence-corrected chi connectivity index (χ0v) is 16.0. The molecule has 2 atom stereocenters. The van der Waals surface area contributed by atoms with E-state index in [1.807, 2.05) is 41.8 Å². The third-order valence-corrected chi connectivity index (χ3v) is 5.42. The number of halogens is 1. The summed E-state index contributed by atoms with van der Waals surface area (Å²) < 4.78 is 1.97. The Morgan fingerprint density at radius 3 is 2.54 bits per heavy atom. The molecule has 1 N–H and O–H groups in total. The van der Waals surface area contributed by atoms with E-state index < -0.39 is 0 Å². The number of anilines is 1. The normalized spacial score (nSPS) is 13.2. The Morgan fingerprint density at radius 1 is 1.12 bits per heavy atom.